The molecule has 1 fully saturated rings. The van der Waals surface area contributed by atoms with Crippen LogP contribution >= 0.6 is 0 Å². The molecule has 7 nitrogen and oxygen atoms in total. The van der Waals surface area contributed by atoms with E-state index in [2.05, 4.69) is 9.72 Å². The average molecular weight is 369 g/mol. The molecule has 138 valence electrons. The monoisotopic (exact) mass is 369 g/mol. The molecule has 27 heavy (non-hydrogen) atoms. The fraction of sp³-hybridized carbons (Fsp3) is 0.211. The minimum Gasteiger partial charge on any atom is -0.449 e. The number of carboxylic acid groups (broad SMARTS) is 1. The van der Waals surface area contributed by atoms with Gasteiger partial charge >= 0.3 is 6.16 Å². The van der Waals surface area contributed by atoms with Crippen LogP contribution in [-0.4, -0.2) is 20.6 Å². The highest BCUT2D eigenvalue weighted by Gasteiger charge is 2.30. The van der Waals surface area contributed by atoms with E-state index in [1.165, 1.54) is 12.3 Å². The number of hydrogen-bond acceptors (Lipinski definition) is 5. The van der Waals surface area contributed by atoms with E-state index >= 15 is 0 Å². The molecule has 0 unspecified atom stereocenters. The van der Waals surface area contributed by atoms with Gasteiger partial charge in [0.15, 0.2) is 5.75 Å². The first kappa shape index (κ1) is 17.0. The molecule has 0 aromatic carbocycles. The van der Waals surface area contributed by atoms with Crippen molar-refractivity contribution < 1.29 is 19.0 Å². The second-order valence-electron chi connectivity index (χ2n) is 6.58. The zero-order valence-corrected chi connectivity index (χ0v) is 14.4. The van der Waals surface area contributed by atoms with Crippen molar-refractivity contribution in [3.8, 4) is 16.9 Å². The smallest absolute Gasteiger partial charge is 0.449 e. The standard InChI is InChI=1S/C19H16FN3O4/c1-9-16(11-4-5-15(21)22-7-11)13(20)8-23-17(9)12(10-2-3-10)6-14(18(23)24)27-19(25)26/h4-8,10H,2-3H2,1H3,(H2,21,22)(H,25,26). The van der Waals surface area contributed by atoms with Gasteiger partial charge in [0.05, 0.1) is 5.52 Å². The summed E-state index contributed by atoms with van der Waals surface area (Å²) in [5, 5.41) is 8.87. The minimum atomic E-state index is -1.59. The predicted octanol–water partition coefficient (Wildman–Crippen LogP) is 3.33. The first-order chi connectivity index (χ1) is 12.9. The van der Waals surface area contributed by atoms with Gasteiger partial charge in [-0.2, -0.15) is 0 Å². The lowest BCUT2D eigenvalue weighted by molar-refractivity contribution is 0.143. The summed E-state index contributed by atoms with van der Waals surface area (Å²) in [6, 6.07) is 4.70. The van der Waals surface area contributed by atoms with Crippen molar-refractivity contribution in [1.29, 1.82) is 0 Å². The third-order valence-electron chi connectivity index (χ3n) is 4.73. The molecular formula is C19H16FN3O4. The van der Waals surface area contributed by atoms with Crippen molar-refractivity contribution in [2.75, 3.05) is 5.73 Å². The minimum absolute atomic E-state index is 0.179. The number of halogens is 1. The molecule has 0 bridgehead atoms. The van der Waals surface area contributed by atoms with Crippen LogP contribution in [0.15, 0.2) is 35.4 Å². The normalized spacial score (nSPS) is 13.7. The fourth-order valence-corrected chi connectivity index (χ4v) is 3.41. The van der Waals surface area contributed by atoms with Crippen LogP contribution in [0, 0.1) is 12.7 Å². The Kier molecular flexibility index (Phi) is 3.83. The van der Waals surface area contributed by atoms with Gasteiger partial charge in [-0.15, -0.1) is 0 Å². The number of nitrogens with zero attached hydrogens (tertiary/aromatic N) is 2. The van der Waals surface area contributed by atoms with Gasteiger partial charge in [0, 0.05) is 23.5 Å². The number of nitrogens with two attached hydrogens (primary N) is 1. The summed E-state index contributed by atoms with van der Waals surface area (Å²) < 4.78 is 20.7. The van der Waals surface area contributed by atoms with Crippen LogP contribution in [-0.2, 0) is 0 Å². The van der Waals surface area contributed by atoms with Gasteiger partial charge in [-0.25, -0.2) is 14.2 Å². The highest BCUT2D eigenvalue weighted by Crippen LogP contribution is 2.44. The molecule has 3 heterocycles. The molecule has 3 N–H and O–H groups in total. The van der Waals surface area contributed by atoms with E-state index in [1.807, 2.05) is 0 Å². The molecule has 4 rings (SSSR count). The maximum absolute atomic E-state index is 14.9. The van der Waals surface area contributed by atoms with Crippen molar-refractivity contribution in [3.63, 3.8) is 0 Å². The molecule has 1 aliphatic carbocycles. The van der Waals surface area contributed by atoms with Gasteiger partial charge in [-0.3, -0.25) is 9.20 Å². The second-order valence-corrected chi connectivity index (χ2v) is 6.58. The summed E-state index contributed by atoms with van der Waals surface area (Å²) in [5.74, 6) is -0.452. The zero-order valence-electron chi connectivity index (χ0n) is 14.4. The lowest BCUT2D eigenvalue weighted by Gasteiger charge is -2.16. The molecule has 0 aliphatic heterocycles. The molecule has 0 radical (unpaired) electrons. The largest absolute Gasteiger partial charge is 0.511 e. The van der Waals surface area contributed by atoms with Crippen LogP contribution in [0.25, 0.3) is 16.6 Å². The molecule has 0 saturated heterocycles. The summed E-state index contributed by atoms with van der Waals surface area (Å²) in [6.45, 7) is 1.73. The lowest BCUT2D eigenvalue weighted by Crippen LogP contribution is -2.21. The quantitative estimate of drug-likeness (QED) is 0.686. The lowest BCUT2D eigenvalue weighted by atomic mass is 9.98. The Morgan fingerprint density at radius 2 is 2.15 bits per heavy atom. The van der Waals surface area contributed by atoms with Gasteiger partial charge in [0.2, 0.25) is 0 Å². The van der Waals surface area contributed by atoms with Crippen LogP contribution in [0.2, 0.25) is 0 Å². The van der Waals surface area contributed by atoms with Gasteiger partial charge < -0.3 is 15.6 Å². The molecule has 0 spiro atoms. The van der Waals surface area contributed by atoms with E-state index in [1.54, 1.807) is 19.1 Å². The number of carbonyl (C=O) groups is 1. The number of aryl methyl sites for hydroxylation is 1. The molecule has 8 heteroatoms. The van der Waals surface area contributed by atoms with Crippen LogP contribution in [0.4, 0.5) is 15.0 Å². The van der Waals surface area contributed by atoms with Gasteiger partial charge in [-0.1, -0.05) is 0 Å². The van der Waals surface area contributed by atoms with Crippen LogP contribution in [0.5, 0.6) is 5.75 Å². The van der Waals surface area contributed by atoms with Gasteiger partial charge in [0.25, 0.3) is 5.56 Å². The summed E-state index contributed by atoms with van der Waals surface area (Å²) in [6.07, 6.45) is 2.78. The summed E-state index contributed by atoms with van der Waals surface area (Å²) in [5.41, 5.74) is 7.67. The van der Waals surface area contributed by atoms with Crippen molar-refractivity contribution in [1.82, 2.24) is 9.38 Å². The SMILES string of the molecule is Cc1c(-c2ccc(N)nc2)c(F)cn2c(=O)c(OC(=O)O)cc(C3CC3)c12. The maximum Gasteiger partial charge on any atom is 0.511 e. The van der Waals surface area contributed by atoms with Crippen molar-refractivity contribution in [2.45, 2.75) is 25.7 Å². The molecule has 3 aromatic rings. The third-order valence-corrected chi connectivity index (χ3v) is 4.73. The van der Waals surface area contributed by atoms with Crippen molar-refractivity contribution in [3.05, 3.63) is 57.9 Å². The topological polar surface area (TPSA) is 107 Å². The first-order valence-corrected chi connectivity index (χ1v) is 8.38. The summed E-state index contributed by atoms with van der Waals surface area (Å²) >= 11 is 0. The van der Waals surface area contributed by atoms with E-state index in [0.29, 0.717) is 28.0 Å². The first-order valence-electron chi connectivity index (χ1n) is 8.38. The highest BCUT2D eigenvalue weighted by atomic mass is 19.1. The molecule has 1 aliphatic rings. The molecular weight excluding hydrogens is 353 g/mol. The molecule has 0 amide bonds. The number of pyridine rings is 3. The summed E-state index contributed by atoms with van der Waals surface area (Å²) in [7, 11) is 0. The van der Waals surface area contributed by atoms with E-state index in [9.17, 15) is 14.0 Å². The van der Waals surface area contributed by atoms with Crippen LogP contribution < -0.4 is 16.0 Å². The van der Waals surface area contributed by atoms with Crippen LogP contribution in [0.1, 0.15) is 29.9 Å². The number of anilines is 1. The Labute approximate surface area is 152 Å². The Morgan fingerprint density at radius 1 is 1.41 bits per heavy atom. The van der Waals surface area contributed by atoms with Crippen molar-refractivity contribution >= 4 is 17.5 Å². The van der Waals surface area contributed by atoms with E-state index in [0.717, 1.165) is 29.0 Å². The Bertz CT molecular complexity index is 1130. The molecule has 0 atom stereocenters. The Morgan fingerprint density at radius 3 is 2.74 bits per heavy atom. The second kappa shape index (κ2) is 6.08. The van der Waals surface area contributed by atoms with Gasteiger partial charge in [0.1, 0.15) is 11.6 Å². The number of fused-ring (bicyclic) bond motifs is 1. The van der Waals surface area contributed by atoms with E-state index in [4.69, 9.17) is 10.8 Å². The van der Waals surface area contributed by atoms with Crippen molar-refractivity contribution in [2.24, 2.45) is 0 Å². The van der Waals surface area contributed by atoms with E-state index < -0.39 is 17.5 Å². The third kappa shape index (κ3) is 2.88. The summed E-state index contributed by atoms with van der Waals surface area (Å²) in [4.78, 5) is 27.5. The van der Waals surface area contributed by atoms with Crippen LogP contribution in [0.3, 0.4) is 0 Å². The van der Waals surface area contributed by atoms with E-state index in [-0.39, 0.29) is 11.7 Å². The number of rotatable bonds is 3. The number of nitrogen functional groups attached to an aromatic ring is 1. The molecule has 3 aromatic heterocycles. The number of aromatic nitrogens is 2. The number of hydrogen-bond donors (Lipinski definition) is 2. The zero-order chi connectivity index (χ0) is 19.3. The highest BCUT2D eigenvalue weighted by molar-refractivity contribution is 5.78. The number of ether oxygens (including phenoxy) is 1. The Balaban J connectivity index is 2.05. The Hall–Kier alpha value is -3.42. The maximum atomic E-state index is 14.9. The molecule has 1 saturated carbocycles. The average Bonchev–Trinajstić information content (AvgIpc) is 3.44. The van der Waals surface area contributed by atoms with Gasteiger partial charge in [-0.05, 0) is 55.0 Å². The fourth-order valence-electron chi connectivity index (χ4n) is 3.41. The predicted molar refractivity (Wildman–Crippen MR) is 96.6 cm³/mol.